The quantitative estimate of drug-likeness (QED) is 0.806. The molecule has 144 valence electrons. The number of nitrogens with zero attached hydrogens (tertiary/aromatic N) is 3. The van der Waals surface area contributed by atoms with Crippen molar-refractivity contribution in [2.24, 2.45) is 5.92 Å². The smallest absolute Gasteiger partial charge is 0.471 e. The summed E-state index contributed by atoms with van der Waals surface area (Å²) in [5, 5.41) is 8.23. The molecule has 0 N–H and O–H groups in total. The zero-order chi connectivity index (χ0) is 19.0. The SMILES string of the molecule is C[C@H]1[C@H](Oc2ccc(-c3cccc(OC(F)(F)F)c3)nn2)C2CCN1CC2. The summed E-state index contributed by atoms with van der Waals surface area (Å²) in [7, 11) is 0. The van der Waals surface area contributed by atoms with Gasteiger partial charge in [-0.05, 0) is 57.0 Å². The maximum Gasteiger partial charge on any atom is 0.573 e. The van der Waals surface area contributed by atoms with Crippen LogP contribution in [0.4, 0.5) is 13.2 Å². The Balaban J connectivity index is 1.47. The number of fused-ring (bicyclic) bond motifs is 3. The van der Waals surface area contributed by atoms with Crippen LogP contribution in [0, 0.1) is 5.92 Å². The Morgan fingerprint density at radius 1 is 1.07 bits per heavy atom. The first-order valence-corrected chi connectivity index (χ1v) is 9.00. The number of ether oxygens (including phenoxy) is 2. The molecule has 8 heteroatoms. The van der Waals surface area contributed by atoms with Gasteiger partial charge in [-0.2, -0.15) is 0 Å². The molecule has 0 saturated carbocycles. The molecule has 5 rings (SSSR count). The summed E-state index contributed by atoms with van der Waals surface area (Å²) < 4.78 is 47.2. The van der Waals surface area contributed by atoms with E-state index in [2.05, 4.69) is 26.8 Å². The zero-order valence-corrected chi connectivity index (χ0v) is 14.8. The van der Waals surface area contributed by atoms with Crippen LogP contribution >= 0.6 is 0 Å². The predicted octanol–water partition coefficient (Wildman–Crippen LogP) is 3.90. The molecular formula is C19H20F3N3O2. The van der Waals surface area contributed by atoms with Crippen LogP contribution in [0.1, 0.15) is 19.8 Å². The van der Waals surface area contributed by atoms with Gasteiger partial charge in [-0.1, -0.05) is 12.1 Å². The second-order valence-electron chi connectivity index (χ2n) is 7.03. The molecule has 0 aliphatic carbocycles. The monoisotopic (exact) mass is 379 g/mol. The van der Waals surface area contributed by atoms with E-state index in [-0.39, 0.29) is 11.9 Å². The number of aromatic nitrogens is 2. The minimum absolute atomic E-state index is 0.0937. The Bertz CT molecular complexity index is 788. The number of alkyl halides is 3. The van der Waals surface area contributed by atoms with Crippen LogP contribution in [0.5, 0.6) is 11.6 Å². The van der Waals surface area contributed by atoms with E-state index >= 15 is 0 Å². The van der Waals surface area contributed by atoms with Crippen molar-refractivity contribution in [3.63, 3.8) is 0 Å². The molecule has 1 aromatic heterocycles. The van der Waals surface area contributed by atoms with Crippen molar-refractivity contribution < 1.29 is 22.6 Å². The van der Waals surface area contributed by atoms with Gasteiger partial charge in [0, 0.05) is 17.7 Å². The van der Waals surface area contributed by atoms with E-state index in [1.807, 2.05) is 0 Å². The lowest BCUT2D eigenvalue weighted by Gasteiger charge is -2.48. The van der Waals surface area contributed by atoms with Crippen LogP contribution in [-0.2, 0) is 0 Å². The molecule has 0 radical (unpaired) electrons. The third-order valence-corrected chi connectivity index (χ3v) is 5.35. The highest BCUT2D eigenvalue weighted by atomic mass is 19.4. The van der Waals surface area contributed by atoms with E-state index in [4.69, 9.17) is 4.74 Å². The fourth-order valence-corrected chi connectivity index (χ4v) is 3.98. The average molecular weight is 379 g/mol. The van der Waals surface area contributed by atoms with Gasteiger partial charge in [0.1, 0.15) is 11.9 Å². The summed E-state index contributed by atoms with van der Waals surface area (Å²) >= 11 is 0. The van der Waals surface area contributed by atoms with Crippen molar-refractivity contribution in [2.75, 3.05) is 13.1 Å². The van der Waals surface area contributed by atoms with Crippen molar-refractivity contribution in [1.82, 2.24) is 15.1 Å². The molecule has 0 spiro atoms. The highest BCUT2D eigenvalue weighted by Crippen LogP contribution is 2.34. The Morgan fingerprint density at radius 2 is 1.85 bits per heavy atom. The summed E-state index contributed by atoms with van der Waals surface area (Å²) in [6.07, 6.45) is -2.37. The number of rotatable bonds is 4. The molecule has 3 fully saturated rings. The highest BCUT2D eigenvalue weighted by molar-refractivity contribution is 5.60. The van der Waals surface area contributed by atoms with E-state index in [1.54, 1.807) is 18.2 Å². The molecular weight excluding hydrogens is 359 g/mol. The van der Waals surface area contributed by atoms with E-state index in [0.29, 0.717) is 29.1 Å². The van der Waals surface area contributed by atoms with Crippen molar-refractivity contribution >= 4 is 0 Å². The van der Waals surface area contributed by atoms with Gasteiger partial charge in [-0.3, -0.25) is 4.90 Å². The lowest BCUT2D eigenvalue weighted by molar-refractivity contribution is -0.274. The molecule has 0 amide bonds. The summed E-state index contributed by atoms with van der Waals surface area (Å²) in [6.45, 7) is 4.41. The summed E-state index contributed by atoms with van der Waals surface area (Å²) in [5.41, 5.74) is 0.948. The van der Waals surface area contributed by atoms with Gasteiger partial charge in [-0.15, -0.1) is 23.4 Å². The minimum atomic E-state index is -4.73. The van der Waals surface area contributed by atoms with Crippen molar-refractivity contribution in [3.8, 4) is 22.9 Å². The normalized spacial score (nSPS) is 27.4. The van der Waals surface area contributed by atoms with Crippen LogP contribution in [0.2, 0.25) is 0 Å². The number of hydrogen-bond donors (Lipinski definition) is 0. The van der Waals surface area contributed by atoms with Crippen molar-refractivity contribution in [1.29, 1.82) is 0 Å². The van der Waals surface area contributed by atoms with E-state index in [1.165, 1.54) is 18.2 Å². The summed E-state index contributed by atoms with van der Waals surface area (Å²) in [4.78, 5) is 2.43. The van der Waals surface area contributed by atoms with Gasteiger partial charge in [0.2, 0.25) is 5.88 Å². The first-order valence-electron chi connectivity index (χ1n) is 9.00. The van der Waals surface area contributed by atoms with Gasteiger partial charge in [-0.25, -0.2) is 0 Å². The van der Waals surface area contributed by atoms with Crippen LogP contribution in [0.3, 0.4) is 0 Å². The Hall–Kier alpha value is -2.35. The first kappa shape index (κ1) is 18.0. The molecule has 27 heavy (non-hydrogen) atoms. The largest absolute Gasteiger partial charge is 0.573 e. The standard InChI is InChI=1S/C19H20F3N3O2/c1-12-18(13-7-9-25(12)10-8-13)26-17-6-5-16(23-24-17)14-3-2-4-15(11-14)27-19(20,21)22/h2-6,11-13,18H,7-10H2,1H3/t12-,18-/m0/s1. The van der Waals surface area contributed by atoms with Crippen LogP contribution in [0.15, 0.2) is 36.4 Å². The topological polar surface area (TPSA) is 47.5 Å². The molecule has 2 atom stereocenters. The van der Waals surface area contributed by atoms with Crippen LogP contribution in [-0.4, -0.2) is 46.7 Å². The molecule has 3 aliphatic rings. The fraction of sp³-hybridized carbons (Fsp3) is 0.474. The third-order valence-electron chi connectivity index (χ3n) is 5.35. The summed E-state index contributed by atoms with van der Waals surface area (Å²) in [5.74, 6) is 0.679. The van der Waals surface area contributed by atoms with Gasteiger partial charge < -0.3 is 9.47 Å². The molecule has 2 bridgehead atoms. The minimum Gasteiger partial charge on any atom is -0.471 e. The molecule has 2 aromatic rings. The molecule has 4 heterocycles. The lowest BCUT2D eigenvalue weighted by Crippen LogP contribution is -2.58. The highest BCUT2D eigenvalue weighted by Gasteiger charge is 2.41. The fourth-order valence-electron chi connectivity index (χ4n) is 3.98. The molecule has 0 unspecified atom stereocenters. The van der Waals surface area contributed by atoms with Crippen molar-refractivity contribution in [3.05, 3.63) is 36.4 Å². The second kappa shape index (κ2) is 6.99. The molecule has 3 saturated heterocycles. The predicted molar refractivity (Wildman–Crippen MR) is 92.3 cm³/mol. The van der Waals surface area contributed by atoms with Gasteiger partial charge in [0.15, 0.2) is 0 Å². The Labute approximate surface area is 155 Å². The average Bonchev–Trinajstić information content (AvgIpc) is 2.64. The number of hydrogen-bond acceptors (Lipinski definition) is 5. The van der Waals surface area contributed by atoms with Gasteiger partial charge >= 0.3 is 6.36 Å². The first-order chi connectivity index (χ1) is 12.9. The molecule has 1 aromatic carbocycles. The van der Waals surface area contributed by atoms with E-state index in [9.17, 15) is 13.2 Å². The Morgan fingerprint density at radius 3 is 2.48 bits per heavy atom. The third kappa shape index (κ3) is 4.00. The van der Waals surface area contributed by atoms with Gasteiger partial charge in [0.25, 0.3) is 0 Å². The second-order valence-corrected chi connectivity index (χ2v) is 7.03. The van der Waals surface area contributed by atoms with Gasteiger partial charge in [0.05, 0.1) is 5.69 Å². The van der Waals surface area contributed by atoms with Crippen molar-refractivity contribution in [2.45, 2.75) is 38.3 Å². The summed E-state index contributed by atoms with van der Waals surface area (Å²) in [6, 6.07) is 9.42. The zero-order valence-electron chi connectivity index (χ0n) is 14.8. The lowest BCUT2D eigenvalue weighted by atomic mass is 9.81. The maximum atomic E-state index is 12.4. The molecule has 3 aliphatic heterocycles. The van der Waals surface area contributed by atoms with Crippen LogP contribution < -0.4 is 9.47 Å². The number of piperidine rings is 3. The van der Waals surface area contributed by atoms with E-state index < -0.39 is 6.36 Å². The molecule has 5 nitrogen and oxygen atoms in total. The van der Waals surface area contributed by atoms with Crippen LogP contribution in [0.25, 0.3) is 11.3 Å². The number of halogens is 3. The number of benzene rings is 1. The Kier molecular flexibility index (Phi) is 4.67. The maximum absolute atomic E-state index is 12.4. The van der Waals surface area contributed by atoms with E-state index in [0.717, 1.165) is 25.9 Å².